The monoisotopic (exact) mass is 320 g/mol. The Hall–Kier alpha value is -1.03. The number of thiophene rings is 1. The Morgan fingerprint density at radius 1 is 1.38 bits per heavy atom. The molecular weight excluding hydrogens is 300 g/mol. The fourth-order valence-corrected chi connectivity index (χ4v) is 3.63. The third kappa shape index (κ3) is 3.42. The minimum absolute atomic E-state index is 0.276. The maximum absolute atomic E-state index is 6.49. The highest BCUT2D eigenvalue weighted by molar-refractivity contribution is 7.09. The molecule has 0 aliphatic heterocycles. The predicted molar refractivity (Wildman–Crippen MR) is 92.5 cm³/mol. The molecule has 2 aromatic rings. The van der Waals surface area contributed by atoms with E-state index in [1.807, 2.05) is 18.4 Å². The third-order valence-corrected chi connectivity index (χ3v) is 5.30. The highest BCUT2D eigenvalue weighted by Gasteiger charge is 2.29. The van der Waals surface area contributed by atoms with Crippen LogP contribution in [0.4, 0.5) is 5.69 Å². The second-order valence-electron chi connectivity index (χ2n) is 5.65. The molecule has 21 heavy (non-hydrogen) atoms. The van der Waals surface area contributed by atoms with Gasteiger partial charge in [-0.3, -0.25) is 0 Å². The Balaban J connectivity index is 1.84. The van der Waals surface area contributed by atoms with Crippen LogP contribution in [0.3, 0.4) is 0 Å². The number of hydrogen-bond acceptors (Lipinski definition) is 3. The van der Waals surface area contributed by atoms with Crippen LogP contribution in [0.25, 0.3) is 0 Å². The molecule has 0 saturated heterocycles. The standard InChI is InChI=1S/C17H21ClN2S/c1-12(19-2)16-8-7-14(10-17(16)18)20(13-5-6-13)11-15-4-3-9-21-15/h3-4,7-10,12-13,19H,5-6,11H2,1-2H3. The molecule has 0 bridgehead atoms. The Labute approximate surface area is 135 Å². The lowest BCUT2D eigenvalue weighted by atomic mass is 10.1. The van der Waals surface area contributed by atoms with Crippen LogP contribution in [0.1, 0.15) is 36.2 Å². The fourth-order valence-electron chi connectivity index (χ4n) is 2.59. The minimum atomic E-state index is 0.276. The lowest BCUT2D eigenvalue weighted by Gasteiger charge is -2.25. The summed E-state index contributed by atoms with van der Waals surface area (Å²) in [5, 5.41) is 6.24. The zero-order valence-electron chi connectivity index (χ0n) is 12.5. The van der Waals surface area contributed by atoms with Gasteiger partial charge in [0.15, 0.2) is 0 Å². The van der Waals surface area contributed by atoms with Gasteiger partial charge in [-0.25, -0.2) is 0 Å². The normalized spacial score (nSPS) is 16.0. The lowest BCUT2D eigenvalue weighted by molar-refractivity contribution is 0.652. The first kappa shape index (κ1) is 14.9. The molecule has 2 nitrogen and oxygen atoms in total. The maximum atomic E-state index is 6.49. The Morgan fingerprint density at radius 3 is 2.76 bits per heavy atom. The number of hydrogen-bond donors (Lipinski definition) is 1. The first-order valence-corrected chi connectivity index (χ1v) is 8.70. The van der Waals surface area contributed by atoms with Gasteiger partial charge in [0.2, 0.25) is 0 Å². The van der Waals surface area contributed by atoms with Gasteiger partial charge in [-0.1, -0.05) is 23.7 Å². The van der Waals surface area contributed by atoms with Gasteiger partial charge in [0, 0.05) is 27.7 Å². The molecule has 1 N–H and O–H groups in total. The summed E-state index contributed by atoms with van der Waals surface area (Å²) in [6.07, 6.45) is 2.58. The second kappa shape index (κ2) is 6.39. The molecular formula is C17H21ClN2S. The number of rotatable bonds is 6. The molecule has 4 heteroatoms. The van der Waals surface area contributed by atoms with Crippen molar-refractivity contribution in [3.8, 4) is 0 Å². The van der Waals surface area contributed by atoms with Crippen LogP contribution in [0.2, 0.25) is 5.02 Å². The molecule has 3 rings (SSSR count). The molecule has 1 atom stereocenters. The van der Waals surface area contributed by atoms with Gasteiger partial charge in [0.25, 0.3) is 0 Å². The topological polar surface area (TPSA) is 15.3 Å². The van der Waals surface area contributed by atoms with Crippen LogP contribution < -0.4 is 10.2 Å². The molecule has 1 aromatic carbocycles. The SMILES string of the molecule is CNC(C)c1ccc(N(Cc2cccs2)C2CC2)cc1Cl. The largest absolute Gasteiger partial charge is 0.363 e. The van der Waals surface area contributed by atoms with Crippen LogP contribution in [0.5, 0.6) is 0 Å². The van der Waals surface area contributed by atoms with E-state index in [1.165, 1.54) is 23.4 Å². The van der Waals surface area contributed by atoms with E-state index >= 15 is 0 Å². The molecule has 0 amide bonds. The summed E-state index contributed by atoms with van der Waals surface area (Å²) < 4.78 is 0. The van der Waals surface area contributed by atoms with Crippen LogP contribution in [-0.2, 0) is 6.54 Å². The van der Waals surface area contributed by atoms with Gasteiger partial charge in [0.1, 0.15) is 0 Å². The first-order valence-electron chi connectivity index (χ1n) is 7.44. The second-order valence-corrected chi connectivity index (χ2v) is 7.09. The summed E-state index contributed by atoms with van der Waals surface area (Å²) in [7, 11) is 1.96. The van der Waals surface area contributed by atoms with E-state index in [1.54, 1.807) is 0 Å². The van der Waals surface area contributed by atoms with Gasteiger partial charge >= 0.3 is 0 Å². The van der Waals surface area contributed by atoms with Crippen molar-refractivity contribution in [3.63, 3.8) is 0 Å². The van der Waals surface area contributed by atoms with Crippen molar-refractivity contribution in [2.24, 2.45) is 0 Å². The maximum Gasteiger partial charge on any atom is 0.0525 e. The van der Waals surface area contributed by atoms with Gasteiger partial charge in [-0.2, -0.15) is 0 Å². The van der Waals surface area contributed by atoms with Crippen LogP contribution in [-0.4, -0.2) is 13.1 Å². The number of nitrogens with zero attached hydrogens (tertiary/aromatic N) is 1. The lowest BCUT2D eigenvalue weighted by Crippen LogP contribution is -2.24. The molecule has 1 heterocycles. The highest BCUT2D eigenvalue weighted by Crippen LogP contribution is 2.36. The van der Waals surface area contributed by atoms with Gasteiger partial charge in [0.05, 0.1) is 6.54 Å². The molecule has 1 unspecified atom stereocenters. The van der Waals surface area contributed by atoms with Crippen molar-refractivity contribution in [3.05, 3.63) is 51.2 Å². The number of benzene rings is 1. The summed E-state index contributed by atoms with van der Waals surface area (Å²) in [5.74, 6) is 0. The zero-order valence-corrected chi connectivity index (χ0v) is 14.0. The van der Waals surface area contributed by atoms with Crippen molar-refractivity contribution in [2.75, 3.05) is 11.9 Å². The van der Waals surface area contributed by atoms with E-state index in [-0.39, 0.29) is 6.04 Å². The van der Waals surface area contributed by atoms with Crippen molar-refractivity contribution in [1.82, 2.24) is 5.32 Å². The van der Waals surface area contributed by atoms with Crippen LogP contribution in [0, 0.1) is 0 Å². The van der Waals surface area contributed by atoms with Crippen molar-refractivity contribution >= 4 is 28.6 Å². The molecule has 0 radical (unpaired) electrons. The van der Waals surface area contributed by atoms with Gasteiger partial charge in [-0.15, -0.1) is 11.3 Å². The summed E-state index contributed by atoms with van der Waals surface area (Å²) >= 11 is 8.31. The number of anilines is 1. The molecule has 1 aliphatic carbocycles. The van der Waals surface area contributed by atoms with E-state index in [2.05, 4.69) is 52.9 Å². The van der Waals surface area contributed by atoms with Gasteiger partial charge < -0.3 is 10.2 Å². The third-order valence-electron chi connectivity index (χ3n) is 4.11. The fraction of sp³-hybridized carbons (Fsp3) is 0.412. The zero-order chi connectivity index (χ0) is 14.8. The van der Waals surface area contributed by atoms with E-state index in [4.69, 9.17) is 11.6 Å². The van der Waals surface area contributed by atoms with Gasteiger partial charge in [-0.05, 0) is 56.0 Å². The van der Waals surface area contributed by atoms with E-state index < -0.39 is 0 Å². The summed E-state index contributed by atoms with van der Waals surface area (Å²) in [6.45, 7) is 3.12. The molecule has 1 aromatic heterocycles. The van der Waals surface area contributed by atoms with Crippen molar-refractivity contribution < 1.29 is 0 Å². The predicted octanol–water partition coefficient (Wildman–Crippen LogP) is 4.85. The Morgan fingerprint density at radius 2 is 2.19 bits per heavy atom. The quantitative estimate of drug-likeness (QED) is 0.818. The van der Waals surface area contributed by atoms with Crippen molar-refractivity contribution in [2.45, 2.75) is 38.4 Å². The minimum Gasteiger partial charge on any atom is -0.363 e. The van der Waals surface area contributed by atoms with Crippen LogP contribution >= 0.6 is 22.9 Å². The van der Waals surface area contributed by atoms with E-state index in [0.717, 1.165) is 17.1 Å². The number of halogens is 1. The molecule has 1 saturated carbocycles. The Kier molecular flexibility index (Phi) is 4.53. The average Bonchev–Trinajstić information content (AvgIpc) is 3.20. The average molecular weight is 321 g/mol. The van der Waals surface area contributed by atoms with Crippen LogP contribution in [0.15, 0.2) is 35.7 Å². The smallest absolute Gasteiger partial charge is 0.0525 e. The van der Waals surface area contributed by atoms with E-state index in [0.29, 0.717) is 6.04 Å². The molecule has 0 spiro atoms. The number of nitrogens with one attached hydrogen (secondary N) is 1. The first-order chi connectivity index (χ1) is 10.2. The molecule has 1 fully saturated rings. The molecule has 112 valence electrons. The Bertz CT molecular complexity index is 593. The summed E-state index contributed by atoms with van der Waals surface area (Å²) in [5.41, 5.74) is 2.40. The highest BCUT2D eigenvalue weighted by atomic mass is 35.5. The molecule has 1 aliphatic rings. The van der Waals surface area contributed by atoms with E-state index in [9.17, 15) is 0 Å². The summed E-state index contributed by atoms with van der Waals surface area (Å²) in [4.78, 5) is 3.90. The van der Waals surface area contributed by atoms with Crippen molar-refractivity contribution in [1.29, 1.82) is 0 Å². The summed E-state index contributed by atoms with van der Waals surface area (Å²) in [6, 6.07) is 11.8.